The van der Waals surface area contributed by atoms with Gasteiger partial charge in [-0.15, -0.1) is 0 Å². The first kappa shape index (κ1) is 19.0. The van der Waals surface area contributed by atoms with Gasteiger partial charge in [0.2, 0.25) is 0 Å². The third-order valence-corrected chi connectivity index (χ3v) is 3.40. The second kappa shape index (κ2) is 11.3. The zero-order valence-electron chi connectivity index (χ0n) is 14.5. The summed E-state index contributed by atoms with van der Waals surface area (Å²) < 4.78 is 21.5. The van der Waals surface area contributed by atoms with Crippen LogP contribution in [0.1, 0.15) is 29.5 Å². The Morgan fingerprint density at radius 2 is 1.96 bits per heavy atom. The van der Waals surface area contributed by atoms with Gasteiger partial charge >= 0.3 is 0 Å². The quantitative estimate of drug-likeness (QED) is 0.598. The molecule has 0 aliphatic rings. The van der Waals surface area contributed by atoms with Crippen molar-refractivity contribution in [2.24, 2.45) is 0 Å². The van der Waals surface area contributed by atoms with Crippen LogP contribution in [0.3, 0.4) is 0 Å². The van der Waals surface area contributed by atoms with Crippen molar-refractivity contribution in [1.82, 2.24) is 5.32 Å². The van der Waals surface area contributed by atoms with Crippen LogP contribution in [0.25, 0.3) is 0 Å². The van der Waals surface area contributed by atoms with Crippen LogP contribution in [0, 0.1) is 0 Å². The summed E-state index contributed by atoms with van der Waals surface area (Å²) in [6, 6.07) is 10.9. The number of hydrogen-bond donors (Lipinski definition) is 1. The standard InChI is InChI=1S/C19H25NO5/c1-2-22-13-14-25-18-9-4-3-8-17(18)19(21)20-10-6-11-23-15-16-7-5-12-24-16/h3-5,7-9,12H,2,6,10-11,13-15H2,1H3,(H,20,21). The topological polar surface area (TPSA) is 69.9 Å². The van der Waals surface area contributed by atoms with Gasteiger partial charge in [-0.2, -0.15) is 0 Å². The third kappa shape index (κ3) is 6.99. The van der Waals surface area contributed by atoms with Crippen LogP contribution in [-0.4, -0.2) is 38.9 Å². The highest BCUT2D eigenvalue weighted by Gasteiger charge is 2.11. The summed E-state index contributed by atoms with van der Waals surface area (Å²) in [4.78, 5) is 12.3. The van der Waals surface area contributed by atoms with Gasteiger partial charge in [0.05, 0.1) is 18.4 Å². The molecule has 0 fully saturated rings. The van der Waals surface area contributed by atoms with Crippen LogP contribution in [0.2, 0.25) is 0 Å². The molecule has 0 aliphatic carbocycles. The lowest BCUT2D eigenvalue weighted by molar-refractivity contribution is 0.0905. The van der Waals surface area contributed by atoms with E-state index in [0.29, 0.717) is 50.9 Å². The highest BCUT2D eigenvalue weighted by atomic mass is 16.5. The Morgan fingerprint density at radius 3 is 2.76 bits per heavy atom. The average molecular weight is 347 g/mol. The van der Waals surface area contributed by atoms with Crippen LogP contribution in [0.4, 0.5) is 0 Å². The maximum Gasteiger partial charge on any atom is 0.255 e. The van der Waals surface area contributed by atoms with Crippen LogP contribution in [0.5, 0.6) is 5.75 Å². The lowest BCUT2D eigenvalue weighted by Gasteiger charge is -2.11. The van der Waals surface area contributed by atoms with E-state index in [-0.39, 0.29) is 5.91 Å². The van der Waals surface area contributed by atoms with E-state index in [1.807, 2.05) is 31.2 Å². The van der Waals surface area contributed by atoms with E-state index in [4.69, 9.17) is 18.6 Å². The Balaban J connectivity index is 1.67. The fourth-order valence-electron chi connectivity index (χ4n) is 2.17. The van der Waals surface area contributed by atoms with Crippen LogP contribution >= 0.6 is 0 Å². The third-order valence-electron chi connectivity index (χ3n) is 3.40. The molecule has 0 unspecified atom stereocenters. The number of hydrogen-bond acceptors (Lipinski definition) is 5. The molecule has 0 atom stereocenters. The van der Waals surface area contributed by atoms with Gasteiger partial charge in [-0.1, -0.05) is 12.1 Å². The summed E-state index contributed by atoms with van der Waals surface area (Å²) in [5.41, 5.74) is 0.524. The van der Waals surface area contributed by atoms with Gasteiger partial charge in [0.1, 0.15) is 24.7 Å². The van der Waals surface area contributed by atoms with Crippen molar-refractivity contribution in [2.75, 3.05) is 33.0 Å². The molecule has 2 rings (SSSR count). The lowest BCUT2D eigenvalue weighted by atomic mass is 10.2. The molecule has 0 saturated heterocycles. The Labute approximate surface area is 148 Å². The summed E-state index contributed by atoms with van der Waals surface area (Å²) in [7, 11) is 0. The molecule has 1 aromatic carbocycles. The van der Waals surface area contributed by atoms with Gasteiger partial charge in [0, 0.05) is 19.8 Å². The van der Waals surface area contributed by atoms with Crippen LogP contribution in [0.15, 0.2) is 47.1 Å². The van der Waals surface area contributed by atoms with Crippen LogP contribution in [-0.2, 0) is 16.1 Å². The van der Waals surface area contributed by atoms with Crippen molar-refractivity contribution in [2.45, 2.75) is 20.0 Å². The monoisotopic (exact) mass is 347 g/mol. The number of furan rings is 1. The minimum atomic E-state index is -0.155. The number of ether oxygens (including phenoxy) is 3. The van der Waals surface area contributed by atoms with E-state index < -0.39 is 0 Å². The summed E-state index contributed by atoms with van der Waals surface area (Å²) in [6.45, 7) is 5.01. The molecule has 25 heavy (non-hydrogen) atoms. The van der Waals surface area contributed by atoms with E-state index in [9.17, 15) is 4.79 Å². The molecule has 0 aliphatic heterocycles. The molecule has 6 nitrogen and oxygen atoms in total. The summed E-state index contributed by atoms with van der Waals surface area (Å²) >= 11 is 0. The zero-order valence-corrected chi connectivity index (χ0v) is 14.5. The van der Waals surface area contributed by atoms with Gasteiger partial charge in [-0.25, -0.2) is 0 Å². The highest BCUT2D eigenvalue weighted by molar-refractivity contribution is 5.96. The summed E-state index contributed by atoms with van der Waals surface area (Å²) in [5.74, 6) is 1.20. The van der Waals surface area contributed by atoms with Crippen molar-refractivity contribution in [1.29, 1.82) is 0 Å². The first-order valence-corrected chi connectivity index (χ1v) is 8.49. The summed E-state index contributed by atoms with van der Waals surface area (Å²) in [6.07, 6.45) is 2.34. The number of nitrogens with one attached hydrogen (secondary N) is 1. The molecule has 1 aromatic heterocycles. The van der Waals surface area contributed by atoms with Crippen molar-refractivity contribution >= 4 is 5.91 Å². The van der Waals surface area contributed by atoms with Crippen molar-refractivity contribution in [3.05, 3.63) is 54.0 Å². The van der Waals surface area contributed by atoms with Gasteiger partial charge in [-0.3, -0.25) is 4.79 Å². The Morgan fingerprint density at radius 1 is 1.08 bits per heavy atom. The zero-order chi connectivity index (χ0) is 17.7. The van der Waals surface area contributed by atoms with Crippen molar-refractivity contribution in [3.8, 4) is 5.75 Å². The predicted octanol–water partition coefficient (Wildman–Crippen LogP) is 3.03. The Kier molecular flexibility index (Phi) is 8.58. The maximum absolute atomic E-state index is 12.3. The number of benzene rings is 1. The van der Waals surface area contributed by atoms with Crippen molar-refractivity contribution in [3.63, 3.8) is 0 Å². The normalized spacial score (nSPS) is 10.6. The molecule has 1 heterocycles. The average Bonchev–Trinajstić information content (AvgIpc) is 3.15. The molecule has 0 bridgehead atoms. The molecule has 2 aromatic rings. The highest BCUT2D eigenvalue weighted by Crippen LogP contribution is 2.17. The van der Waals surface area contributed by atoms with E-state index in [2.05, 4.69) is 5.32 Å². The Bertz CT molecular complexity index is 612. The van der Waals surface area contributed by atoms with Crippen molar-refractivity contribution < 1.29 is 23.4 Å². The Hall–Kier alpha value is -2.31. The molecule has 0 saturated carbocycles. The second-order valence-electron chi connectivity index (χ2n) is 5.28. The number of amides is 1. The number of para-hydroxylation sites is 1. The van der Waals surface area contributed by atoms with E-state index in [0.717, 1.165) is 12.2 Å². The van der Waals surface area contributed by atoms with Gasteiger partial charge < -0.3 is 23.9 Å². The molecule has 136 valence electrons. The fourth-order valence-corrected chi connectivity index (χ4v) is 2.17. The van der Waals surface area contributed by atoms with E-state index >= 15 is 0 Å². The predicted molar refractivity (Wildman–Crippen MR) is 93.7 cm³/mol. The number of rotatable bonds is 12. The van der Waals surface area contributed by atoms with E-state index in [1.165, 1.54) is 0 Å². The molecule has 1 N–H and O–H groups in total. The number of carbonyl (C=O) groups is 1. The van der Waals surface area contributed by atoms with E-state index in [1.54, 1.807) is 18.4 Å². The van der Waals surface area contributed by atoms with Gasteiger partial charge in [-0.05, 0) is 37.6 Å². The maximum atomic E-state index is 12.3. The largest absolute Gasteiger partial charge is 0.490 e. The second-order valence-corrected chi connectivity index (χ2v) is 5.28. The smallest absolute Gasteiger partial charge is 0.255 e. The van der Waals surface area contributed by atoms with Gasteiger partial charge in [0.15, 0.2) is 0 Å². The number of carbonyl (C=O) groups excluding carboxylic acids is 1. The lowest BCUT2D eigenvalue weighted by Crippen LogP contribution is -2.26. The molecular formula is C19H25NO5. The van der Waals surface area contributed by atoms with Gasteiger partial charge in [0.25, 0.3) is 5.91 Å². The molecule has 0 spiro atoms. The summed E-state index contributed by atoms with van der Waals surface area (Å²) in [5, 5.41) is 2.88. The minimum absolute atomic E-state index is 0.155. The first-order chi connectivity index (χ1) is 12.3. The molecule has 1 amide bonds. The molecular weight excluding hydrogens is 322 g/mol. The minimum Gasteiger partial charge on any atom is -0.490 e. The van der Waals surface area contributed by atoms with Crippen LogP contribution < -0.4 is 10.1 Å². The SMILES string of the molecule is CCOCCOc1ccccc1C(=O)NCCCOCc1ccco1. The molecule has 0 radical (unpaired) electrons. The first-order valence-electron chi connectivity index (χ1n) is 8.49. The fraction of sp³-hybridized carbons (Fsp3) is 0.421. The molecule has 6 heteroatoms.